The first kappa shape index (κ1) is 12.9. The van der Waals surface area contributed by atoms with Gasteiger partial charge in [0, 0.05) is 31.9 Å². The zero-order valence-electron chi connectivity index (χ0n) is 18.7. The number of nitrogens with zero attached hydrogens (tertiary/aromatic N) is 2. The summed E-state index contributed by atoms with van der Waals surface area (Å²) in [4.78, 5) is 24.5. The Bertz CT molecular complexity index is 1460. The van der Waals surface area contributed by atoms with Gasteiger partial charge in [-0.1, -0.05) is 6.07 Å². The van der Waals surface area contributed by atoms with Gasteiger partial charge < -0.3 is 25.9 Å². The molecule has 1 aliphatic rings. The van der Waals surface area contributed by atoms with E-state index in [1.54, 1.807) is 6.07 Å². The number of aromatic amines is 2. The van der Waals surface area contributed by atoms with Crippen molar-refractivity contribution in [3.05, 3.63) is 52.5 Å². The first-order valence-corrected chi connectivity index (χ1v) is 8.85. The predicted molar refractivity (Wildman–Crippen MR) is 109 cm³/mol. The molecule has 2 aromatic carbocycles. The highest BCUT2D eigenvalue weighted by Gasteiger charge is 2.18. The summed E-state index contributed by atoms with van der Waals surface area (Å²) in [6.07, 6.45) is 0. The van der Waals surface area contributed by atoms with Gasteiger partial charge in [0.05, 0.1) is 33.1 Å². The number of halogens is 1. The number of hydrogen-bond donors (Lipinski definition) is 4. The monoisotopic (exact) mass is 382 g/mol. The van der Waals surface area contributed by atoms with E-state index >= 15 is 0 Å². The van der Waals surface area contributed by atoms with Gasteiger partial charge in [-0.15, -0.1) is 0 Å². The molecule has 1 aliphatic heterocycles. The molecule has 28 heavy (non-hydrogen) atoms. The molecule has 4 aromatic rings. The van der Waals surface area contributed by atoms with Crippen LogP contribution in [0.1, 0.15) is 5.48 Å². The second kappa shape index (κ2) is 6.35. The molecule has 0 spiro atoms. The van der Waals surface area contributed by atoms with Crippen molar-refractivity contribution in [3.8, 4) is 11.4 Å². The highest BCUT2D eigenvalue weighted by molar-refractivity contribution is 5.98. The minimum absolute atomic E-state index is 0.0126. The van der Waals surface area contributed by atoms with E-state index < -0.39 is 17.4 Å². The van der Waals surface area contributed by atoms with Crippen molar-refractivity contribution >= 4 is 33.3 Å². The first-order chi connectivity index (χ1) is 15.3. The van der Waals surface area contributed by atoms with Crippen molar-refractivity contribution in [1.29, 1.82) is 0 Å². The van der Waals surface area contributed by atoms with E-state index in [0.29, 0.717) is 18.8 Å². The molecule has 0 saturated carbocycles. The molecule has 0 bridgehead atoms. The Labute approximate surface area is 165 Å². The van der Waals surface area contributed by atoms with Crippen LogP contribution in [0.25, 0.3) is 33.3 Å². The van der Waals surface area contributed by atoms with E-state index in [1.165, 1.54) is 0 Å². The van der Waals surface area contributed by atoms with Crippen LogP contribution in [0.3, 0.4) is 0 Å². The number of nitrogens with two attached hydrogens (primary N) is 1. The lowest BCUT2D eigenvalue weighted by atomic mass is 10.1. The number of imidazole rings is 1. The number of nitrogen functional groups attached to an aromatic ring is 1. The molecule has 0 aliphatic carbocycles. The van der Waals surface area contributed by atoms with Crippen molar-refractivity contribution in [2.45, 2.75) is 0 Å². The van der Waals surface area contributed by atoms with Crippen LogP contribution in [0.15, 0.2) is 41.1 Å². The van der Waals surface area contributed by atoms with Crippen LogP contribution in [0.4, 0.5) is 15.8 Å². The Kier molecular flexibility index (Phi) is 2.92. The number of aromatic nitrogens is 3. The molecule has 0 unspecified atom stereocenters. The topological polar surface area (TPSA) is 103 Å². The number of hydrogen-bond acceptors (Lipinski definition) is 5. The third-order valence-electron chi connectivity index (χ3n) is 4.89. The number of rotatable bonds is 2. The van der Waals surface area contributed by atoms with Gasteiger partial charge in [-0.25, -0.2) is 9.37 Å². The van der Waals surface area contributed by atoms with E-state index in [4.69, 9.17) is 11.2 Å². The first-order valence-electron chi connectivity index (χ1n) is 10.8. The number of piperazine rings is 1. The Morgan fingerprint density at radius 1 is 1.18 bits per heavy atom. The fourth-order valence-corrected chi connectivity index (χ4v) is 3.50. The molecule has 0 radical (unpaired) electrons. The van der Waals surface area contributed by atoms with E-state index in [0.717, 1.165) is 19.2 Å². The summed E-state index contributed by atoms with van der Waals surface area (Å²) >= 11 is 0. The molecule has 3 heterocycles. The van der Waals surface area contributed by atoms with Crippen LogP contribution in [0, 0.1) is 5.82 Å². The van der Waals surface area contributed by atoms with Crippen LogP contribution < -0.4 is 21.5 Å². The average Bonchev–Trinajstić information content (AvgIpc) is 3.21. The summed E-state index contributed by atoms with van der Waals surface area (Å²) in [6.45, 7) is 2.92. The molecule has 2 aromatic heterocycles. The lowest BCUT2D eigenvalue weighted by Gasteiger charge is -2.29. The maximum Gasteiger partial charge on any atom is 0.261 e. The van der Waals surface area contributed by atoms with Crippen LogP contribution in [0.2, 0.25) is 0 Å². The lowest BCUT2D eigenvalue weighted by Crippen LogP contribution is -2.43. The molecule has 1 fully saturated rings. The molecular weight excluding hydrogens is 359 g/mol. The standard InChI is InChI=1S/C20H19FN6O/c21-12-2-1-3-14-16(12)18(22)17(20(28)26-14)19-24-13-5-4-11(10-15(13)25-19)27-8-6-23-7-9-27/h1-5,10,23H,6-9H2,(H,24,25)(H3,22,26,28)/i2D,3D,5D,10D. The summed E-state index contributed by atoms with van der Waals surface area (Å²) in [5.74, 6) is -0.966. The molecule has 8 heteroatoms. The highest BCUT2D eigenvalue weighted by Crippen LogP contribution is 2.30. The molecule has 1 saturated heterocycles. The largest absolute Gasteiger partial charge is 0.397 e. The maximum absolute atomic E-state index is 14.7. The SMILES string of the molecule is [2H]c1cc([2H])c2[nH]c(=O)c(-c3nc4c([2H])cc(N5CCNCC5)c([2H])c4[nH]3)c(N)c2c1F. The number of benzene rings is 2. The average molecular weight is 382 g/mol. The number of H-pyrrole nitrogens is 2. The lowest BCUT2D eigenvalue weighted by molar-refractivity contribution is 0.589. The molecule has 142 valence electrons. The van der Waals surface area contributed by atoms with Gasteiger partial charge in [0.1, 0.15) is 17.2 Å². The van der Waals surface area contributed by atoms with Gasteiger partial charge in [0.2, 0.25) is 0 Å². The summed E-state index contributed by atoms with van der Waals surface area (Å²) in [7, 11) is 0. The number of pyridine rings is 1. The third-order valence-corrected chi connectivity index (χ3v) is 4.89. The van der Waals surface area contributed by atoms with Crippen molar-refractivity contribution in [1.82, 2.24) is 20.3 Å². The van der Waals surface area contributed by atoms with Crippen molar-refractivity contribution in [3.63, 3.8) is 0 Å². The number of nitrogens with one attached hydrogen (secondary N) is 3. The Hall–Kier alpha value is -3.39. The Morgan fingerprint density at radius 2 is 2.00 bits per heavy atom. The van der Waals surface area contributed by atoms with E-state index in [-0.39, 0.29) is 57.1 Å². The van der Waals surface area contributed by atoms with E-state index in [1.807, 2.05) is 4.90 Å². The number of fused-ring (bicyclic) bond motifs is 2. The van der Waals surface area contributed by atoms with Crippen LogP contribution in [0.5, 0.6) is 0 Å². The second-order valence-corrected chi connectivity index (χ2v) is 6.58. The smallest absolute Gasteiger partial charge is 0.261 e. The maximum atomic E-state index is 14.7. The van der Waals surface area contributed by atoms with Crippen LogP contribution in [-0.2, 0) is 0 Å². The van der Waals surface area contributed by atoms with E-state index in [2.05, 4.69) is 20.3 Å². The number of anilines is 2. The molecule has 5 rings (SSSR count). The van der Waals surface area contributed by atoms with Gasteiger partial charge in [-0.3, -0.25) is 4.79 Å². The predicted octanol–water partition coefficient (Wildman–Crippen LogP) is 2.20. The summed E-state index contributed by atoms with van der Waals surface area (Å²) < 4.78 is 47.4. The molecule has 0 amide bonds. The third kappa shape index (κ3) is 2.61. The fourth-order valence-electron chi connectivity index (χ4n) is 3.50. The Morgan fingerprint density at radius 3 is 2.82 bits per heavy atom. The van der Waals surface area contributed by atoms with Crippen LogP contribution in [-0.4, -0.2) is 41.1 Å². The van der Waals surface area contributed by atoms with Crippen molar-refractivity contribution < 1.29 is 9.87 Å². The molecule has 0 atom stereocenters. The van der Waals surface area contributed by atoms with Gasteiger partial charge in [-0.2, -0.15) is 0 Å². The minimum atomic E-state index is -0.953. The van der Waals surface area contributed by atoms with Crippen molar-refractivity contribution in [2.24, 2.45) is 0 Å². The fraction of sp³-hybridized carbons (Fsp3) is 0.200. The summed E-state index contributed by atoms with van der Waals surface area (Å²) in [6, 6.07) is 2.04. The van der Waals surface area contributed by atoms with E-state index in [9.17, 15) is 9.18 Å². The van der Waals surface area contributed by atoms with Crippen LogP contribution >= 0.6 is 0 Å². The highest BCUT2D eigenvalue weighted by atomic mass is 19.1. The summed E-state index contributed by atoms with van der Waals surface area (Å²) in [5, 5.41) is 3.00. The zero-order valence-corrected chi connectivity index (χ0v) is 14.7. The molecular formula is C20H19FN6O. The summed E-state index contributed by atoms with van der Waals surface area (Å²) in [5.41, 5.74) is 5.96. The second-order valence-electron chi connectivity index (χ2n) is 6.58. The zero-order chi connectivity index (χ0) is 22.7. The minimum Gasteiger partial charge on any atom is -0.397 e. The van der Waals surface area contributed by atoms with Crippen molar-refractivity contribution in [2.75, 3.05) is 36.8 Å². The normalized spacial score (nSPS) is 16.8. The van der Waals surface area contributed by atoms with Gasteiger partial charge in [0.25, 0.3) is 5.56 Å². The quantitative estimate of drug-likeness (QED) is 0.426. The van der Waals surface area contributed by atoms with Gasteiger partial charge in [0.15, 0.2) is 0 Å². The Balaban J connectivity index is 1.75. The van der Waals surface area contributed by atoms with Gasteiger partial charge in [-0.05, 0) is 30.2 Å². The van der Waals surface area contributed by atoms with Gasteiger partial charge >= 0.3 is 0 Å². The molecule has 5 N–H and O–H groups in total. The molecule has 7 nitrogen and oxygen atoms in total.